The number of rotatable bonds is 7. The molecule has 0 unspecified atom stereocenters. The normalized spacial score (nSPS) is 17.0. The van der Waals surface area contributed by atoms with Crippen LogP contribution in [0.2, 0.25) is 5.02 Å². The molecule has 0 spiro atoms. The molecule has 41 heavy (non-hydrogen) atoms. The summed E-state index contributed by atoms with van der Waals surface area (Å²) in [4.78, 5) is 20.1. The van der Waals surface area contributed by atoms with E-state index in [1.165, 1.54) is 36.8 Å². The number of ether oxygens (including phenoxy) is 1. The largest absolute Gasteiger partial charge is 0.478 e. The lowest BCUT2D eigenvalue weighted by atomic mass is 9.88. The molecule has 3 aromatic carbocycles. The molecule has 0 saturated carbocycles. The lowest BCUT2D eigenvalue weighted by molar-refractivity contribution is 0.0694. The van der Waals surface area contributed by atoms with E-state index in [1.807, 2.05) is 54.7 Å². The van der Waals surface area contributed by atoms with Gasteiger partial charge in [0.1, 0.15) is 17.1 Å². The number of nitrogens with one attached hydrogen (secondary N) is 1. The molecule has 0 atom stereocenters. The summed E-state index contributed by atoms with van der Waals surface area (Å²) >= 11 is 6.19. The number of hydrogen-bond donors (Lipinski definition) is 2. The number of anilines is 1. The zero-order chi connectivity index (χ0) is 28.2. The molecule has 1 aromatic heterocycles. The molecular formula is C34H36ClN3O3. The van der Waals surface area contributed by atoms with Crippen LogP contribution in [0.5, 0.6) is 11.5 Å². The lowest BCUT2D eigenvalue weighted by Gasteiger charge is -2.37. The number of H-pyrrole nitrogens is 1. The van der Waals surface area contributed by atoms with Crippen LogP contribution in [0.15, 0.2) is 78.5 Å². The first-order chi connectivity index (χ1) is 20.0. The summed E-state index contributed by atoms with van der Waals surface area (Å²) in [6.07, 6.45) is 9.24. The first-order valence-electron chi connectivity index (χ1n) is 14.6. The van der Waals surface area contributed by atoms with Crippen LogP contribution in [0, 0.1) is 0 Å². The SMILES string of the molecule is O=C(O)c1ccc(N2CCN(CC3=C(c4ccc(Cl)cc4)CCCCCC3)CC2)cc1Oc1cccc2[nH]ccc12. The fourth-order valence-electron chi connectivity index (χ4n) is 6.16. The van der Waals surface area contributed by atoms with Crippen molar-refractivity contribution in [3.63, 3.8) is 0 Å². The minimum atomic E-state index is -0.999. The first-order valence-corrected chi connectivity index (χ1v) is 15.0. The van der Waals surface area contributed by atoms with E-state index in [9.17, 15) is 9.90 Å². The molecule has 0 amide bonds. The van der Waals surface area contributed by atoms with E-state index in [1.54, 1.807) is 11.6 Å². The number of aromatic nitrogens is 1. The Bertz CT molecular complexity index is 1550. The Morgan fingerprint density at radius 3 is 2.44 bits per heavy atom. The Labute approximate surface area is 246 Å². The number of hydrogen-bond acceptors (Lipinski definition) is 4. The van der Waals surface area contributed by atoms with Crippen LogP contribution >= 0.6 is 11.6 Å². The van der Waals surface area contributed by atoms with Gasteiger partial charge in [0.05, 0.1) is 0 Å². The van der Waals surface area contributed by atoms with Crippen molar-refractivity contribution in [2.45, 2.75) is 38.5 Å². The number of aromatic amines is 1. The average Bonchev–Trinajstić information content (AvgIpc) is 3.46. The number of carboxylic acids is 1. The molecule has 1 saturated heterocycles. The summed E-state index contributed by atoms with van der Waals surface area (Å²) in [6, 6.07) is 21.5. The van der Waals surface area contributed by atoms with Crippen LogP contribution in [0.25, 0.3) is 16.5 Å². The molecule has 4 aromatic rings. The molecule has 6 rings (SSSR count). The van der Waals surface area contributed by atoms with Crippen molar-refractivity contribution in [1.82, 2.24) is 9.88 Å². The van der Waals surface area contributed by atoms with E-state index >= 15 is 0 Å². The Morgan fingerprint density at radius 1 is 0.878 bits per heavy atom. The van der Waals surface area contributed by atoms with E-state index in [0.29, 0.717) is 11.5 Å². The van der Waals surface area contributed by atoms with Crippen molar-refractivity contribution in [2.24, 2.45) is 0 Å². The summed E-state index contributed by atoms with van der Waals surface area (Å²) in [5.41, 5.74) is 6.48. The third kappa shape index (κ3) is 6.29. The molecule has 0 radical (unpaired) electrons. The highest BCUT2D eigenvalue weighted by molar-refractivity contribution is 6.30. The number of piperazine rings is 1. The van der Waals surface area contributed by atoms with Crippen LogP contribution in [-0.2, 0) is 0 Å². The number of nitrogens with zero attached hydrogens (tertiary/aromatic N) is 2. The number of fused-ring (bicyclic) bond motifs is 1. The summed E-state index contributed by atoms with van der Waals surface area (Å²) in [6.45, 7) is 4.66. The smallest absolute Gasteiger partial charge is 0.339 e. The standard InChI is InChI=1S/C34H36ClN3O3/c35-26-12-10-24(11-13-26)28-7-4-2-1-3-6-25(28)23-37-18-20-38(21-19-37)27-14-15-30(34(39)40)33(22-27)41-32-9-5-8-31-29(32)16-17-36-31/h5,8-17,22,36H,1-4,6-7,18-21,23H2,(H,39,40). The topological polar surface area (TPSA) is 68.8 Å². The minimum absolute atomic E-state index is 0.158. The second-order valence-corrected chi connectivity index (χ2v) is 11.5. The van der Waals surface area contributed by atoms with Crippen molar-refractivity contribution in [1.29, 1.82) is 0 Å². The molecule has 212 valence electrons. The molecule has 1 aliphatic heterocycles. The summed E-state index contributed by atoms with van der Waals surface area (Å²) in [5, 5.41) is 11.5. The van der Waals surface area contributed by atoms with E-state index in [0.717, 1.165) is 67.2 Å². The van der Waals surface area contributed by atoms with Gasteiger partial charge in [-0.2, -0.15) is 0 Å². The summed E-state index contributed by atoms with van der Waals surface area (Å²) in [7, 11) is 0. The number of benzene rings is 3. The second kappa shape index (κ2) is 12.4. The minimum Gasteiger partial charge on any atom is -0.478 e. The molecule has 2 heterocycles. The van der Waals surface area contributed by atoms with Crippen molar-refractivity contribution in [3.05, 3.63) is 94.6 Å². The summed E-state index contributed by atoms with van der Waals surface area (Å²) < 4.78 is 6.23. The van der Waals surface area contributed by atoms with Crippen LogP contribution in [-0.4, -0.2) is 53.7 Å². The highest BCUT2D eigenvalue weighted by atomic mass is 35.5. The quantitative estimate of drug-likeness (QED) is 0.234. The van der Waals surface area contributed by atoms with E-state index in [4.69, 9.17) is 16.3 Å². The molecule has 2 N–H and O–H groups in total. The van der Waals surface area contributed by atoms with Gasteiger partial charge in [0.25, 0.3) is 0 Å². The molecule has 1 aliphatic carbocycles. The predicted octanol–water partition coefficient (Wildman–Crippen LogP) is 8.24. The highest BCUT2D eigenvalue weighted by Crippen LogP contribution is 2.35. The number of carbonyl (C=O) groups is 1. The number of halogens is 1. The molecular weight excluding hydrogens is 534 g/mol. The maximum absolute atomic E-state index is 12.0. The third-order valence-corrected chi connectivity index (χ3v) is 8.65. The van der Waals surface area contributed by atoms with Crippen molar-refractivity contribution in [3.8, 4) is 11.5 Å². The van der Waals surface area contributed by atoms with Crippen LogP contribution < -0.4 is 9.64 Å². The van der Waals surface area contributed by atoms with Crippen LogP contribution in [0.3, 0.4) is 0 Å². The van der Waals surface area contributed by atoms with Gasteiger partial charge in [-0.1, -0.05) is 48.2 Å². The second-order valence-electron chi connectivity index (χ2n) is 11.0. The zero-order valence-corrected chi connectivity index (χ0v) is 24.0. The number of carboxylic acid groups (broad SMARTS) is 1. The van der Waals surface area contributed by atoms with Gasteiger partial charge in [-0.15, -0.1) is 0 Å². The molecule has 0 bridgehead atoms. The highest BCUT2D eigenvalue weighted by Gasteiger charge is 2.22. The average molecular weight is 570 g/mol. The van der Waals surface area contributed by atoms with E-state index < -0.39 is 5.97 Å². The third-order valence-electron chi connectivity index (χ3n) is 8.40. The lowest BCUT2D eigenvalue weighted by Crippen LogP contribution is -2.47. The molecule has 2 aliphatic rings. The van der Waals surface area contributed by atoms with Gasteiger partial charge in [0.2, 0.25) is 0 Å². The zero-order valence-electron chi connectivity index (χ0n) is 23.2. The van der Waals surface area contributed by atoms with Crippen molar-refractivity contribution in [2.75, 3.05) is 37.6 Å². The van der Waals surface area contributed by atoms with Crippen molar-refractivity contribution < 1.29 is 14.6 Å². The van der Waals surface area contributed by atoms with Gasteiger partial charge >= 0.3 is 5.97 Å². The fraction of sp³-hybridized carbons (Fsp3) is 0.324. The van der Waals surface area contributed by atoms with Gasteiger partial charge in [-0.3, -0.25) is 4.90 Å². The van der Waals surface area contributed by atoms with Gasteiger partial charge in [0, 0.05) is 66.6 Å². The maximum atomic E-state index is 12.0. The molecule has 1 fully saturated rings. The Balaban J connectivity index is 1.18. The van der Waals surface area contributed by atoms with E-state index in [-0.39, 0.29) is 5.56 Å². The van der Waals surface area contributed by atoms with E-state index in [2.05, 4.69) is 26.9 Å². The number of aromatic carboxylic acids is 1. The summed E-state index contributed by atoms with van der Waals surface area (Å²) in [5.74, 6) is -0.00261. The van der Waals surface area contributed by atoms with Gasteiger partial charge in [0.15, 0.2) is 0 Å². The van der Waals surface area contributed by atoms with Gasteiger partial charge < -0.3 is 19.7 Å². The first kappa shape index (κ1) is 27.4. The Hall–Kier alpha value is -3.74. The molecule has 6 nitrogen and oxygen atoms in total. The predicted molar refractivity (Wildman–Crippen MR) is 167 cm³/mol. The van der Waals surface area contributed by atoms with Gasteiger partial charge in [-0.25, -0.2) is 4.79 Å². The Kier molecular flexibility index (Phi) is 8.31. The maximum Gasteiger partial charge on any atom is 0.339 e. The van der Waals surface area contributed by atoms with Gasteiger partial charge in [-0.05, 0) is 79.3 Å². The monoisotopic (exact) mass is 569 g/mol. The van der Waals surface area contributed by atoms with Crippen molar-refractivity contribution >= 4 is 39.7 Å². The fourth-order valence-corrected chi connectivity index (χ4v) is 6.29. The molecule has 7 heteroatoms. The Morgan fingerprint density at radius 2 is 1.66 bits per heavy atom. The van der Waals surface area contributed by atoms with Crippen LogP contribution in [0.4, 0.5) is 5.69 Å². The number of allylic oxidation sites excluding steroid dienone is 1. The van der Waals surface area contributed by atoms with Crippen LogP contribution in [0.1, 0.15) is 54.4 Å².